The lowest BCUT2D eigenvalue weighted by molar-refractivity contribution is 0.470. The van der Waals surface area contributed by atoms with Crippen LogP contribution in [0.3, 0.4) is 0 Å². The van der Waals surface area contributed by atoms with Gasteiger partial charge in [-0.15, -0.1) is 0 Å². The van der Waals surface area contributed by atoms with Gasteiger partial charge in [-0.05, 0) is 62.3 Å². The van der Waals surface area contributed by atoms with Crippen molar-refractivity contribution < 1.29 is 5.11 Å². The number of phenols is 1. The molecule has 1 nitrogen and oxygen atoms in total. The molecule has 0 bridgehead atoms. The van der Waals surface area contributed by atoms with E-state index in [1.807, 2.05) is 19.1 Å². The van der Waals surface area contributed by atoms with Gasteiger partial charge in [0, 0.05) is 0 Å². The van der Waals surface area contributed by atoms with Crippen molar-refractivity contribution in [3.8, 4) is 5.75 Å². The highest BCUT2D eigenvalue weighted by Crippen LogP contribution is 2.36. The number of hydrogen-bond acceptors (Lipinski definition) is 1. The van der Waals surface area contributed by atoms with Crippen LogP contribution in [-0.2, 0) is 0 Å². The average molecular weight is 201 g/mol. The Balaban J connectivity index is 2.17. The van der Waals surface area contributed by atoms with Crippen LogP contribution in [0.5, 0.6) is 5.75 Å². The molecule has 1 aromatic rings. The molecule has 1 heteroatoms. The second-order valence-corrected chi connectivity index (χ2v) is 4.24. The minimum absolute atomic E-state index is 0.379. The maximum atomic E-state index is 9.44. The van der Waals surface area contributed by atoms with Crippen LogP contribution in [0.15, 0.2) is 29.8 Å². The van der Waals surface area contributed by atoms with Gasteiger partial charge in [-0.3, -0.25) is 0 Å². The van der Waals surface area contributed by atoms with Gasteiger partial charge in [0.2, 0.25) is 0 Å². The van der Waals surface area contributed by atoms with Gasteiger partial charge in [0.25, 0.3) is 0 Å². The van der Waals surface area contributed by atoms with Crippen LogP contribution < -0.4 is 0 Å². The van der Waals surface area contributed by atoms with Crippen LogP contribution in [0, 0.1) is 6.08 Å². The van der Waals surface area contributed by atoms with Gasteiger partial charge in [0.1, 0.15) is 5.75 Å². The van der Waals surface area contributed by atoms with Gasteiger partial charge in [0.15, 0.2) is 0 Å². The summed E-state index contributed by atoms with van der Waals surface area (Å²) in [5.41, 5.74) is 2.71. The lowest BCUT2D eigenvalue weighted by Crippen LogP contribution is -2.06. The summed E-state index contributed by atoms with van der Waals surface area (Å²) >= 11 is 0. The molecule has 0 heterocycles. The Bertz CT molecular complexity index is 365. The van der Waals surface area contributed by atoms with Crippen molar-refractivity contribution in [2.24, 2.45) is 0 Å². The fraction of sp³-hybridized carbons (Fsp3) is 0.429. The zero-order valence-electron chi connectivity index (χ0n) is 9.16. The summed E-state index contributed by atoms with van der Waals surface area (Å²) in [6.07, 6.45) is 8.06. The molecule has 1 radical (unpaired) electrons. The molecule has 1 aliphatic rings. The Morgan fingerprint density at radius 1 is 1.40 bits per heavy atom. The summed E-state index contributed by atoms with van der Waals surface area (Å²) in [6, 6.07) is 7.67. The Morgan fingerprint density at radius 2 is 2.27 bits per heavy atom. The SMILES string of the molecule is C[C]=C1CCCC(c2cccc(O)c2)C1. The van der Waals surface area contributed by atoms with E-state index in [1.54, 1.807) is 6.07 Å². The number of allylic oxidation sites excluding steroid dienone is 2. The number of rotatable bonds is 1. The molecule has 0 saturated heterocycles. The van der Waals surface area contributed by atoms with Crippen molar-refractivity contribution in [2.75, 3.05) is 0 Å². The summed E-state index contributed by atoms with van der Waals surface area (Å²) in [6.45, 7) is 2.00. The van der Waals surface area contributed by atoms with E-state index in [0.717, 1.165) is 6.42 Å². The fourth-order valence-corrected chi connectivity index (χ4v) is 2.35. The lowest BCUT2D eigenvalue weighted by atomic mass is 9.81. The number of hydrogen-bond donors (Lipinski definition) is 1. The fourth-order valence-electron chi connectivity index (χ4n) is 2.35. The molecule has 0 spiro atoms. The molecule has 0 amide bonds. The molecule has 1 saturated carbocycles. The van der Waals surface area contributed by atoms with Gasteiger partial charge in [0.05, 0.1) is 0 Å². The normalized spacial score (nSPS) is 24.3. The van der Waals surface area contributed by atoms with E-state index >= 15 is 0 Å². The summed E-state index contributed by atoms with van der Waals surface area (Å²) in [7, 11) is 0. The van der Waals surface area contributed by atoms with Crippen molar-refractivity contribution in [3.63, 3.8) is 0 Å². The maximum absolute atomic E-state index is 9.44. The van der Waals surface area contributed by atoms with Crippen LogP contribution in [0.1, 0.15) is 44.1 Å². The van der Waals surface area contributed by atoms with Crippen molar-refractivity contribution >= 4 is 0 Å². The van der Waals surface area contributed by atoms with Crippen LogP contribution in [0.4, 0.5) is 0 Å². The largest absolute Gasteiger partial charge is 0.508 e. The molecule has 79 valence electrons. The van der Waals surface area contributed by atoms with Crippen LogP contribution in [0.25, 0.3) is 0 Å². The second kappa shape index (κ2) is 4.52. The maximum Gasteiger partial charge on any atom is 0.115 e. The smallest absolute Gasteiger partial charge is 0.115 e. The molecule has 0 aromatic heterocycles. The minimum atomic E-state index is 0.379. The molecule has 2 rings (SSSR count). The number of aromatic hydroxyl groups is 1. The Morgan fingerprint density at radius 3 is 3.00 bits per heavy atom. The summed E-state index contributed by atoms with van der Waals surface area (Å²) < 4.78 is 0. The molecule has 0 aliphatic heterocycles. The molecular weight excluding hydrogens is 184 g/mol. The first kappa shape index (κ1) is 10.3. The minimum Gasteiger partial charge on any atom is -0.508 e. The molecule has 1 aromatic carbocycles. The zero-order valence-corrected chi connectivity index (χ0v) is 9.16. The van der Waals surface area contributed by atoms with E-state index < -0.39 is 0 Å². The van der Waals surface area contributed by atoms with Gasteiger partial charge in [-0.2, -0.15) is 0 Å². The molecule has 1 N–H and O–H groups in total. The highest BCUT2D eigenvalue weighted by Gasteiger charge is 2.18. The quantitative estimate of drug-likeness (QED) is 0.732. The molecule has 1 fully saturated rings. The zero-order chi connectivity index (χ0) is 10.7. The third kappa shape index (κ3) is 2.41. The van der Waals surface area contributed by atoms with Gasteiger partial charge < -0.3 is 5.11 Å². The highest BCUT2D eigenvalue weighted by atomic mass is 16.3. The van der Waals surface area contributed by atoms with Crippen molar-refractivity contribution in [3.05, 3.63) is 41.5 Å². The average Bonchev–Trinajstić information content (AvgIpc) is 2.29. The van der Waals surface area contributed by atoms with Gasteiger partial charge >= 0.3 is 0 Å². The Labute approximate surface area is 91.4 Å². The third-order valence-electron chi connectivity index (χ3n) is 3.22. The standard InChI is InChI=1S/C14H17O/c1-2-11-5-3-6-12(9-11)13-7-4-8-14(15)10-13/h4,7-8,10,12,15H,3,5-6,9H2,1H3. The van der Waals surface area contributed by atoms with Crippen LogP contribution >= 0.6 is 0 Å². The van der Waals surface area contributed by atoms with Gasteiger partial charge in [-0.25, -0.2) is 0 Å². The van der Waals surface area contributed by atoms with Crippen LogP contribution in [0.2, 0.25) is 0 Å². The van der Waals surface area contributed by atoms with Crippen LogP contribution in [-0.4, -0.2) is 5.11 Å². The van der Waals surface area contributed by atoms with E-state index in [0.29, 0.717) is 11.7 Å². The second-order valence-electron chi connectivity index (χ2n) is 4.24. The summed E-state index contributed by atoms with van der Waals surface area (Å²) in [5.74, 6) is 0.956. The monoisotopic (exact) mass is 201 g/mol. The Hall–Kier alpha value is -1.24. The first-order valence-corrected chi connectivity index (χ1v) is 5.61. The van der Waals surface area contributed by atoms with Crippen molar-refractivity contribution in [2.45, 2.75) is 38.5 Å². The van der Waals surface area contributed by atoms with Crippen molar-refractivity contribution in [1.82, 2.24) is 0 Å². The number of benzene rings is 1. The molecule has 1 aliphatic carbocycles. The molecule has 15 heavy (non-hydrogen) atoms. The van der Waals surface area contributed by atoms with E-state index in [-0.39, 0.29) is 0 Å². The topological polar surface area (TPSA) is 20.2 Å². The number of phenolic OH excluding ortho intramolecular Hbond substituents is 1. The van der Waals surface area contributed by atoms with E-state index in [4.69, 9.17) is 0 Å². The highest BCUT2D eigenvalue weighted by molar-refractivity contribution is 5.31. The predicted octanol–water partition coefficient (Wildman–Crippen LogP) is 3.80. The first-order chi connectivity index (χ1) is 7.29. The van der Waals surface area contributed by atoms with E-state index in [2.05, 4.69) is 12.1 Å². The van der Waals surface area contributed by atoms with E-state index in [9.17, 15) is 5.11 Å². The summed E-state index contributed by atoms with van der Waals surface area (Å²) in [4.78, 5) is 0. The molecule has 1 atom stereocenters. The molecular formula is C14H17O. The van der Waals surface area contributed by atoms with E-state index in [1.165, 1.54) is 30.4 Å². The summed E-state index contributed by atoms with van der Waals surface area (Å²) in [5, 5.41) is 9.44. The lowest BCUT2D eigenvalue weighted by Gasteiger charge is -2.24. The van der Waals surface area contributed by atoms with Crippen molar-refractivity contribution in [1.29, 1.82) is 0 Å². The first-order valence-electron chi connectivity index (χ1n) is 5.61. The molecule has 1 unspecified atom stereocenters. The third-order valence-corrected chi connectivity index (χ3v) is 3.22. The predicted molar refractivity (Wildman–Crippen MR) is 61.7 cm³/mol. The Kier molecular flexibility index (Phi) is 3.10. The van der Waals surface area contributed by atoms with Gasteiger partial charge in [-0.1, -0.05) is 17.7 Å².